The van der Waals surface area contributed by atoms with Crippen LogP contribution in [0.1, 0.15) is 192 Å². The van der Waals surface area contributed by atoms with Gasteiger partial charge in [0.25, 0.3) is 0 Å². The van der Waals surface area contributed by atoms with E-state index in [1.165, 1.54) is 0 Å². The molecule has 20 nitrogen and oxygen atoms in total. The first-order chi connectivity index (χ1) is 34.2. The van der Waals surface area contributed by atoms with Gasteiger partial charge < -0.3 is 52.8 Å². The van der Waals surface area contributed by atoms with Crippen molar-refractivity contribution in [1.82, 2.24) is 37.2 Å². The first kappa shape index (κ1) is 65.7. The zero-order valence-electron chi connectivity index (χ0n) is 46.1. The predicted octanol–water partition coefficient (Wildman–Crippen LogP) is 4.44. The summed E-state index contributed by atoms with van der Waals surface area (Å²) in [6.07, 6.45) is 5.82. The number of carbonyl (C=O) groups excluding carboxylic acids is 9. The van der Waals surface area contributed by atoms with Gasteiger partial charge in [-0.25, -0.2) is 4.79 Å². The minimum absolute atomic E-state index is 0.0458. The van der Waals surface area contributed by atoms with Crippen LogP contribution in [-0.4, -0.2) is 113 Å². The number of rotatable bonds is 24. The lowest BCUT2D eigenvalue weighted by molar-refractivity contribution is -0.156. The molecule has 0 aromatic rings. The van der Waals surface area contributed by atoms with Crippen molar-refractivity contribution in [3.63, 3.8) is 0 Å². The molecule has 73 heavy (non-hydrogen) atoms. The van der Waals surface area contributed by atoms with Crippen LogP contribution in [0.3, 0.4) is 0 Å². The van der Waals surface area contributed by atoms with Crippen molar-refractivity contribution >= 4 is 59.2 Å². The van der Waals surface area contributed by atoms with Gasteiger partial charge in [-0.05, 0) is 74.0 Å². The zero-order chi connectivity index (χ0) is 55.5. The van der Waals surface area contributed by atoms with Gasteiger partial charge in [0.15, 0.2) is 0 Å². The van der Waals surface area contributed by atoms with Crippen LogP contribution in [0.25, 0.3) is 0 Å². The lowest BCUT2D eigenvalue weighted by atomic mass is 9.97. The van der Waals surface area contributed by atoms with Crippen LogP contribution in [0, 0.1) is 35.5 Å². The van der Waals surface area contributed by atoms with Gasteiger partial charge in [0.1, 0.15) is 48.4 Å². The minimum Gasteiger partial charge on any atom is -0.481 e. The van der Waals surface area contributed by atoms with E-state index < -0.39 is 132 Å². The average molecular weight is 1040 g/mol. The molecule has 2 unspecified atom stereocenters. The molecule has 1 aliphatic heterocycles. The molecule has 1 fully saturated rings. The molecule has 1 saturated heterocycles. The van der Waals surface area contributed by atoms with E-state index in [9.17, 15) is 53.1 Å². The maximum atomic E-state index is 14.3. The number of hydrogen-bond acceptors (Lipinski definition) is 11. The molecular weight excluding hydrogens is 941 g/mol. The summed E-state index contributed by atoms with van der Waals surface area (Å²) < 4.78 is 6.08. The van der Waals surface area contributed by atoms with Gasteiger partial charge in [-0.2, -0.15) is 0 Å². The van der Waals surface area contributed by atoms with Gasteiger partial charge in [-0.15, -0.1) is 0 Å². The number of primary amides is 1. The monoisotopic (exact) mass is 1030 g/mol. The normalized spacial score (nSPS) is 24.8. The topological polar surface area (TPSA) is 310 Å². The number of carbonyl (C=O) groups is 10. The van der Waals surface area contributed by atoms with E-state index in [1.54, 1.807) is 34.6 Å². The summed E-state index contributed by atoms with van der Waals surface area (Å²) >= 11 is 0. The van der Waals surface area contributed by atoms with E-state index >= 15 is 0 Å². The number of ether oxygens (including phenoxy) is 1. The molecule has 10 atom stereocenters. The highest BCUT2D eigenvalue weighted by molar-refractivity contribution is 5.98. The van der Waals surface area contributed by atoms with Crippen molar-refractivity contribution in [3.05, 3.63) is 0 Å². The van der Waals surface area contributed by atoms with Gasteiger partial charge in [0.2, 0.25) is 47.3 Å². The third-order valence-electron chi connectivity index (χ3n) is 13.2. The number of nitrogens with one attached hydrogen (secondary N) is 7. The molecule has 0 aromatic heterocycles. The third-order valence-corrected chi connectivity index (χ3v) is 13.2. The smallest absolute Gasteiger partial charge is 0.329 e. The number of esters is 1. The van der Waals surface area contributed by atoms with Crippen LogP contribution >= 0.6 is 0 Å². The van der Waals surface area contributed by atoms with Crippen LogP contribution in [0.4, 0.5) is 0 Å². The Balaban J connectivity index is 3.97. The quantitative estimate of drug-likeness (QED) is 0.0479. The SMILES string of the molecule is CCC(C)CCCCCCCCC1CC(=O)N[C@@H](CCC(N)=O)C(=O)N[C@@H](CC(C)C)C(=O)N[C@@H](CC(C)C)C(=O)N[C@@H](C(C)C)C(=O)N[C@@H](CC(=O)O)C(=O)N[C@@H](CC(C)C)C(=O)N[C@@H]([C@@H](C)CC)C(=O)O1. The summed E-state index contributed by atoms with van der Waals surface area (Å²) in [6.45, 7) is 22.0. The molecule has 0 saturated carbocycles. The van der Waals surface area contributed by atoms with Crippen LogP contribution < -0.4 is 43.0 Å². The van der Waals surface area contributed by atoms with Crippen molar-refractivity contribution < 1.29 is 57.8 Å². The molecule has 0 bridgehead atoms. The average Bonchev–Trinajstić information content (AvgIpc) is 3.29. The van der Waals surface area contributed by atoms with Gasteiger partial charge in [-0.3, -0.25) is 43.2 Å². The molecule has 1 aliphatic rings. The van der Waals surface area contributed by atoms with Crippen LogP contribution in [-0.2, 0) is 52.7 Å². The van der Waals surface area contributed by atoms with E-state index in [4.69, 9.17) is 10.5 Å². The van der Waals surface area contributed by atoms with Gasteiger partial charge in [0, 0.05) is 6.42 Å². The van der Waals surface area contributed by atoms with Crippen molar-refractivity contribution in [2.45, 2.75) is 241 Å². The first-order valence-electron chi connectivity index (χ1n) is 27.0. The molecule has 0 aliphatic carbocycles. The number of amides is 8. The van der Waals surface area contributed by atoms with Crippen molar-refractivity contribution in [2.24, 2.45) is 41.2 Å². The molecule has 0 spiro atoms. The molecule has 20 heteroatoms. The zero-order valence-corrected chi connectivity index (χ0v) is 46.1. The van der Waals surface area contributed by atoms with Crippen LogP contribution in [0.15, 0.2) is 0 Å². The van der Waals surface area contributed by atoms with Gasteiger partial charge in [-0.1, -0.05) is 134 Å². The van der Waals surface area contributed by atoms with Gasteiger partial charge >= 0.3 is 11.9 Å². The summed E-state index contributed by atoms with van der Waals surface area (Å²) in [6, 6.07) is -9.49. The Morgan fingerprint density at radius 2 is 0.986 bits per heavy atom. The Hall–Kier alpha value is -5.30. The molecule has 10 N–H and O–H groups in total. The van der Waals surface area contributed by atoms with Crippen molar-refractivity contribution in [3.8, 4) is 0 Å². The standard InChI is InChI=1S/C53H94N8O12/c1-13-34(11)21-19-17-15-16-18-20-22-36-28-43(63)55-37(23-24-42(54)62)47(66)56-38(25-30(3)4)48(67)57-39(26-31(5)6)50(69)60-45(33(9)10)52(71)59-41(29-44(64)65)49(68)58-40(27-32(7)8)51(70)61-46(35(12)14-2)53(72)73-36/h30-41,45-46H,13-29H2,1-12H3,(H2,54,62)(H,55,63)(H,56,66)(H,57,67)(H,58,68)(H,59,71)(H,60,69)(H,61,70)(H,64,65)/t34?,35-,36?,37-,38-,39-,40-,41-,45-,46-/m0/s1. The largest absolute Gasteiger partial charge is 0.481 e. The summed E-state index contributed by atoms with van der Waals surface area (Å²) in [4.78, 5) is 137. The highest BCUT2D eigenvalue weighted by atomic mass is 16.5. The number of carboxylic acids is 1. The second-order valence-corrected chi connectivity index (χ2v) is 21.9. The Morgan fingerprint density at radius 1 is 0.548 bits per heavy atom. The summed E-state index contributed by atoms with van der Waals surface area (Å²) in [5.74, 6) is -9.74. The van der Waals surface area contributed by atoms with Crippen molar-refractivity contribution in [1.29, 1.82) is 0 Å². The molecule has 1 heterocycles. The summed E-state index contributed by atoms with van der Waals surface area (Å²) in [7, 11) is 0. The number of cyclic esters (lactones) is 1. The van der Waals surface area contributed by atoms with E-state index in [0.29, 0.717) is 18.8 Å². The highest BCUT2D eigenvalue weighted by Gasteiger charge is 2.38. The summed E-state index contributed by atoms with van der Waals surface area (Å²) in [5, 5.41) is 28.5. The number of aliphatic carboxylic acids is 1. The fraction of sp³-hybridized carbons (Fsp3) is 0.811. The van der Waals surface area contributed by atoms with E-state index in [-0.39, 0.29) is 56.3 Å². The molecule has 0 aromatic carbocycles. The van der Waals surface area contributed by atoms with Crippen molar-refractivity contribution in [2.75, 3.05) is 0 Å². The Labute approximate surface area is 434 Å². The summed E-state index contributed by atoms with van der Waals surface area (Å²) in [5.41, 5.74) is 5.50. The van der Waals surface area contributed by atoms with E-state index in [2.05, 4.69) is 51.1 Å². The fourth-order valence-corrected chi connectivity index (χ4v) is 8.51. The molecule has 8 amide bonds. The minimum atomic E-state index is -1.72. The van der Waals surface area contributed by atoms with Gasteiger partial charge in [0.05, 0.1) is 12.8 Å². The highest BCUT2D eigenvalue weighted by Crippen LogP contribution is 2.20. The Bertz CT molecular complexity index is 1810. The van der Waals surface area contributed by atoms with E-state index in [0.717, 1.165) is 44.9 Å². The Kier molecular flexibility index (Phi) is 30.8. The second kappa shape index (κ2) is 34.2. The maximum absolute atomic E-state index is 14.3. The van der Waals surface area contributed by atoms with Crippen LogP contribution in [0.2, 0.25) is 0 Å². The third kappa shape index (κ3) is 26.5. The number of unbranched alkanes of at least 4 members (excludes halogenated alkanes) is 5. The van der Waals surface area contributed by atoms with E-state index in [1.807, 2.05) is 34.6 Å². The molecule has 1 rings (SSSR count). The number of carboxylic acid groups (broad SMARTS) is 1. The fourth-order valence-electron chi connectivity index (χ4n) is 8.51. The molecule has 0 radical (unpaired) electrons. The Morgan fingerprint density at radius 3 is 1.44 bits per heavy atom. The first-order valence-corrected chi connectivity index (χ1v) is 27.0. The second-order valence-electron chi connectivity index (χ2n) is 21.9. The molecular formula is C53H94N8O12. The van der Waals surface area contributed by atoms with Crippen LogP contribution in [0.5, 0.6) is 0 Å². The number of hydrogen-bond donors (Lipinski definition) is 9. The predicted molar refractivity (Wildman–Crippen MR) is 278 cm³/mol. The maximum Gasteiger partial charge on any atom is 0.329 e. The molecule has 418 valence electrons. The lowest BCUT2D eigenvalue weighted by Crippen LogP contribution is -2.61. The number of nitrogens with two attached hydrogens (primary N) is 1. The lowest BCUT2D eigenvalue weighted by Gasteiger charge is -2.30.